The molecule has 160 valence electrons. The van der Waals surface area contributed by atoms with E-state index in [9.17, 15) is 4.79 Å². The Morgan fingerprint density at radius 3 is 2.03 bits per heavy atom. The molecule has 0 spiro atoms. The van der Waals surface area contributed by atoms with E-state index in [2.05, 4.69) is 75.4 Å². The molecule has 0 saturated carbocycles. The maximum Gasteiger partial charge on any atom is 0.303 e. The molecule has 0 atom stereocenters. The molecule has 0 unspecified atom stereocenters. The highest BCUT2D eigenvalue weighted by Crippen LogP contribution is 2.25. The molecule has 31 heavy (non-hydrogen) atoms. The van der Waals surface area contributed by atoms with E-state index in [-0.39, 0.29) is 6.42 Å². The van der Waals surface area contributed by atoms with Crippen LogP contribution < -0.4 is 4.74 Å². The Morgan fingerprint density at radius 1 is 0.903 bits per heavy atom. The maximum absolute atomic E-state index is 10.7. The predicted octanol–water partition coefficient (Wildman–Crippen LogP) is 6.98. The van der Waals surface area contributed by atoms with Gasteiger partial charge in [0, 0.05) is 6.42 Å². The third-order valence-electron chi connectivity index (χ3n) is 5.44. The summed E-state index contributed by atoms with van der Waals surface area (Å²) < 4.78 is 5.81. The van der Waals surface area contributed by atoms with Crippen LogP contribution in [0.25, 0.3) is 16.7 Å². The van der Waals surface area contributed by atoms with Crippen molar-refractivity contribution < 1.29 is 14.6 Å². The molecule has 3 rings (SSSR count). The molecule has 0 heterocycles. The Labute approximate surface area is 185 Å². The molecule has 3 heteroatoms. The molecule has 0 radical (unpaired) electrons. The minimum Gasteiger partial charge on any atom is -0.490 e. The van der Waals surface area contributed by atoms with Gasteiger partial charge in [-0.3, -0.25) is 4.79 Å². The largest absolute Gasteiger partial charge is 0.490 e. The fourth-order valence-corrected chi connectivity index (χ4v) is 3.37. The van der Waals surface area contributed by atoms with Crippen molar-refractivity contribution in [2.45, 2.75) is 39.5 Å². The molecule has 0 saturated heterocycles. The van der Waals surface area contributed by atoms with Crippen LogP contribution in [0.5, 0.6) is 5.75 Å². The number of hydrogen-bond acceptors (Lipinski definition) is 2. The van der Waals surface area contributed by atoms with Crippen molar-refractivity contribution in [1.82, 2.24) is 0 Å². The number of carboxylic acids is 1. The Bertz CT molecular complexity index is 1010. The number of aryl methyl sites for hydroxylation is 1. The van der Waals surface area contributed by atoms with Gasteiger partial charge in [0.1, 0.15) is 12.4 Å². The molecule has 1 N–H and O–H groups in total. The van der Waals surface area contributed by atoms with Crippen LogP contribution in [-0.2, 0) is 11.2 Å². The highest BCUT2D eigenvalue weighted by Gasteiger charge is 2.03. The van der Waals surface area contributed by atoms with Crippen molar-refractivity contribution in [3.05, 3.63) is 95.6 Å². The molecular formula is C28H30O3. The first-order valence-corrected chi connectivity index (χ1v) is 10.7. The van der Waals surface area contributed by atoms with Gasteiger partial charge in [-0.25, -0.2) is 0 Å². The van der Waals surface area contributed by atoms with Crippen LogP contribution >= 0.6 is 0 Å². The van der Waals surface area contributed by atoms with Gasteiger partial charge in [0.2, 0.25) is 0 Å². The van der Waals surface area contributed by atoms with Crippen LogP contribution in [0, 0.1) is 0 Å². The lowest BCUT2D eigenvalue weighted by molar-refractivity contribution is -0.136. The second-order valence-electron chi connectivity index (χ2n) is 8.09. The van der Waals surface area contributed by atoms with Crippen molar-refractivity contribution >= 4 is 11.5 Å². The average Bonchev–Trinajstić information content (AvgIpc) is 2.78. The summed E-state index contributed by atoms with van der Waals surface area (Å²) in [6.45, 7) is 6.99. The van der Waals surface area contributed by atoms with E-state index in [1.54, 1.807) is 0 Å². The van der Waals surface area contributed by atoms with Crippen LogP contribution in [0.3, 0.4) is 0 Å². The molecule has 0 amide bonds. The number of ether oxygens (including phenoxy) is 1. The molecule has 0 fully saturated rings. The van der Waals surface area contributed by atoms with Gasteiger partial charge in [0.15, 0.2) is 0 Å². The standard InChI is InChI=1S/C28H30O3/c1-20(2)23-7-11-25(12-8-23)26-13-9-24(10-14-26)21(3)18-19-31-27-15-4-22(5-16-27)6-17-28(29)30/h4-5,7-16,18,20H,6,17,19H2,1-3H3,(H,29,30). The topological polar surface area (TPSA) is 46.5 Å². The second kappa shape index (κ2) is 10.6. The zero-order valence-electron chi connectivity index (χ0n) is 18.5. The molecule has 0 bridgehead atoms. The number of carboxylic acid groups (broad SMARTS) is 1. The smallest absolute Gasteiger partial charge is 0.303 e. The molecule has 0 aliphatic heterocycles. The summed E-state index contributed by atoms with van der Waals surface area (Å²) in [5.41, 5.74) is 7.14. The van der Waals surface area contributed by atoms with Gasteiger partial charge in [-0.15, -0.1) is 0 Å². The van der Waals surface area contributed by atoms with E-state index in [4.69, 9.17) is 9.84 Å². The average molecular weight is 415 g/mol. The highest BCUT2D eigenvalue weighted by molar-refractivity contribution is 5.70. The van der Waals surface area contributed by atoms with E-state index in [0.717, 1.165) is 11.3 Å². The van der Waals surface area contributed by atoms with Gasteiger partial charge in [-0.05, 0) is 70.9 Å². The van der Waals surface area contributed by atoms with Gasteiger partial charge >= 0.3 is 5.97 Å². The summed E-state index contributed by atoms with van der Waals surface area (Å²) in [6.07, 6.45) is 2.75. The summed E-state index contributed by atoms with van der Waals surface area (Å²) in [4.78, 5) is 10.7. The first-order chi connectivity index (χ1) is 14.9. The minimum absolute atomic E-state index is 0.143. The molecule has 3 aromatic carbocycles. The van der Waals surface area contributed by atoms with Gasteiger partial charge in [-0.2, -0.15) is 0 Å². The van der Waals surface area contributed by atoms with E-state index in [1.165, 1.54) is 27.8 Å². The number of aliphatic carboxylic acids is 1. The highest BCUT2D eigenvalue weighted by atomic mass is 16.5. The Balaban J connectivity index is 1.56. The zero-order chi connectivity index (χ0) is 22.2. The minimum atomic E-state index is -0.780. The molecule has 0 aromatic heterocycles. The van der Waals surface area contributed by atoms with Crippen LogP contribution in [0.15, 0.2) is 78.9 Å². The SMILES string of the molecule is CC(=CCOc1ccc(CCC(=O)O)cc1)c1ccc(-c2ccc(C(C)C)cc2)cc1. The number of rotatable bonds is 9. The Hall–Kier alpha value is -3.33. The Kier molecular flexibility index (Phi) is 7.66. The quantitative estimate of drug-likeness (QED) is 0.411. The summed E-state index contributed by atoms with van der Waals surface area (Å²) in [7, 11) is 0. The van der Waals surface area contributed by atoms with E-state index >= 15 is 0 Å². The fourth-order valence-electron chi connectivity index (χ4n) is 3.37. The fraction of sp³-hybridized carbons (Fsp3) is 0.250. The monoisotopic (exact) mass is 414 g/mol. The third kappa shape index (κ3) is 6.58. The molecular weight excluding hydrogens is 384 g/mol. The summed E-state index contributed by atoms with van der Waals surface area (Å²) in [5.74, 6) is 0.544. The molecule has 3 nitrogen and oxygen atoms in total. The van der Waals surface area contributed by atoms with Crippen molar-refractivity contribution in [2.75, 3.05) is 6.61 Å². The van der Waals surface area contributed by atoms with Gasteiger partial charge in [-0.1, -0.05) is 74.5 Å². The first-order valence-electron chi connectivity index (χ1n) is 10.7. The number of carbonyl (C=O) groups is 1. The summed E-state index contributed by atoms with van der Waals surface area (Å²) >= 11 is 0. The normalized spacial score (nSPS) is 11.5. The van der Waals surface area contributed by atoms with Crippen molar-refractivity contribution in [1.29, 1.82) is 0 Å². The number of allylic oxidation sites excluding steroid dienone is 1. The maximum atomic E-state index is 10.7. The van der Waals surface area contributed by atoms with E-state index in [1.807, 2.05) is 24.3 Å². The van der Waals surface area contributed by atoms with Crippen LogP contribution in [0.4, 0.5) is 0 Å². The first kappa shape index (κ1) is 22.4. The molecule has 3 aromatic rings. The van der Waals surface area contributed by atoms with Crippen molar-refractivity contribution in [2.24, 2.45) is 0 Å². The zero-order valence-corrected chi connectivity index (χ0v) is 18.5. The van der Waals surface area contributed by atoms with Crippen molar-refractivity contribution in [3.63, 3.8) is 0 Å². The lowest BCUT2D eigenvalue weighted by atomic mass is 9.97. The molecule has 0 aliphatic carbocycles. The van der Waals surface area contributed by atoms with Crippen LogP contribution in [-0.4, -0.2) is 17.7 Å². The van der Waals surface area contributed by atoms with Crippen LogP contribution in [0.2, 0.25) is 0 Å². The lowest BCUT2D eigenvalue weighted by Gasteiger charge is -2.09. The summed E-state index contributed by atoms with van der Waals surface area (Å²) in [6, 6.07) is 25.0. The van der Waals surface area contributed by atoms with Gasteiger partial charge in [0.05, 0.1) is 0 Å². The second-order valence-corrected chi connectivity index (χ2v) is 8.09. The van der Waals surface area contributed by atoms with Gasteiger partial charge < -0.3 is 9.84 Å². The third-order valence-corrected chi connectivity index (χ3v) is 5.44. The predicted molar refractivity (Wildman–Crippen MR) is 128 cm³/mol. The number of hydrogen-bond donors (Lipinski definition) is 1. The van der Waals surface area contributed by atoms with E-state index in [0.29, 0.717) is 18.9 Å². The van der Waals surface area contributed by atoms with E-state index < -0.39 is 5.97 Å². The Morgan fingerprint density at radius 2 is 1.48 bits per heavy atom. The van der Waals surface area contributed by atoms with Crippen LogP contribution in [0.1, 0.15) is 49.8 Å². The lowest BCUT2D eigenvalue weighted by Crippen LogP contribution is -1.98. The number of benzene rings is 3. The molecule has 0 aliphatic rings. The van der Waals surface area contributed by atoms with Gasteiger partial charge in [0.25, 0.3) is 0 Å². The summed E-state index contributed by atoms with van der Waals surface area (Å²) in [5, 5.41) is 8.76. The van der Waals surface area contributed by atoms with Crippen molar-refractivity contribution in [3.8, 4) is 16.9 Å².